The summed E-state index contributed by atoms with van der Waals surface area (Å²) in [6.07, 6.45) is 0. The molecular formula is C19H15N3O2S. The Hall–Kier alpha value is -2.99. The number of hydrogen-bond acceptors (Lipinski definition) is 5. The van der Waals surface area contributed by atoms with Gasteiger partial charge in [-0.15, -0.1) is 11.3 Å². The molecule has 0 radical (unpaired) electrons. The fourth-order valence-electron chi connectivity index (χ4n) is 2.81. The van der Waals surface area contributed by atoms with Gasteiger partial charge in [-0.2, -0.15) is 5.10 Å². The number of carbonyl (C=O) groups is 1. The Morgan fingerprint density at radius 3 is 2.68 bits per heavy atom. The molecule has 0 saturated heterocycles. The van der Waals surface area contributed by atoms with E-state index in [-0.39, 0.29) is 0 Å². The van der Waals surface area contributed by atoms with Gasteiger partial charge in [0.25, 0.3) is 0 Å². The van der Waals surface area contributed by atoms with Crippen molar-refractivity contribution in [3.63, 3.8) is 0 Å². The minimum absolute atomic E-state index is 0.410. The minimum Gasteiger partial charge on any atom is -0.423 e. The first-order valence-corrected chi connectivity index (χ1v) is 8.67. The normalized spacial score (nSPS) is 11.0. The molecule has 0 spiro atoms. The molecule has 4 aromatic rings. The summed E-state index contributed by atoms with van der Waals surface area (Å²) in [5.74, 6) is 0.101. The second-order valence-electron chi connectivity index (χ2n) is 5.64. The molecule has 3 aromatic heterocycles. The molecule has 4 rings (SSSR count). The van der Waals surface area contributed by atoms with Crippen LogP contribution >= 0.6 is 11.3 Å². The number of nitrogens with zero attached hydrogens (tertiary/aromatic N) is 3. The molecule has 1 aromatic carbocycles. The van der Waals surface area contributed by atoms with E-state index in [4.69, 9.17) is 9.72 Å². The van der Waals surface area contributed by atoms with Gasteiger partial charge in [-0.3, -0.25) is 4.68 Å². The number of aryl methyl sites for hydroxylation is 2. The van der Waals surface area contributed by atoms with Gasteiger partial charge in [0, 0.05) is 7.05 Å². The second-order valence-corrected chi connectivity index (χ2v) is 6.59. The summed E-state index contributed by atoms with van der Waals surface area (Å²) < 4.78 is 7.24. The number of rotatable bonds is 3. The molecule has 0 fully saturated rings. The second kappa shape index (κ2) is 6.14. The third kappa shape index (κ3) is 2.81. The highest BCUT2D eigenvalue weighted by atomic mass is 32.1. The molecule has 3 heterocycles. The van der Waals surface area contributed by atoms with Gasteiger partial charge in [0.1, 0.15) is 5.75 Å². The highest BCUT2D eigenvalue weighted by molar-refractivity contribution is 7.13. The Labute approximate surface area is 148 Å². The zero-order valence-electron chi connectivity index (χ0n) is 13.8. The molecule has 0 aliphatic rings. The first kappa shape index (κ1) is 15.5. The molecule has 0 aliphatic heterocycles. The van der Waals surface area contributed by atoms with Gasteiger partial charge >= 0.3 is 5.97 Å². The lowest BCUT2D eigenvalue weighted by Crippen LogP contribution is -2.10. The Bertz CT molecular complexity index is 1050. The van der Waals surface area contributed by atoms with Crippen molar-refractivity contribution >= 4 is 28.3 Å². The number of benzene rings is 1. The largest absolute Gasteiger partial charge is 0.423 e. The molecule has 25 heavy (non-hydrogen) atoms. The summed E-state index contributed by atoms with van der Waals surface area (Å²) in [5, 5.41) is 7.12. The fraction of sp³-hybridized carbons (Fsp3) is 0.105. The lowest BCUT2D eigenvalue weighted by molar-refractivity contribution is 0.0736. The van der Waals surface area contributed by atoms with E-state index in [2.05, 4.69) is 5.10 Å². The van der Waals surface area contributed by atoms with Gasteiger partial charge in [0.05, 0.1) is 27.2 Å². The van der Waals surface area contributed by atoms with Crippen LogP contribution in [0.5, 0.6) is 5.75 Å². The van der Waals surface area contributed by atoms with Crippen LogP contribution in [0.1, 0.15) is 16.1 Å². The highest BCUT2D eigenvalue weighted by Gasteiger charge is 2.21. The Morgan fingerprint density at radius 1 is 1.16 bits per heavy atom. The van der Waals surface area contributed by atoms with Crippen LogP contribution in [0.4, 0.5) is 0 Å². The van der Waals surface area contributed by atoms with Crippen LogP contribution < -0.4 is 4.74 Å². The molecule has 0 N–H and O–H groups in total. The average Bonchev–Trinajstić information content (AvgIpc) is 3.24. The smallest absolute Gasteiger partial charge is 0.344 e. The number of ether oxygens (including phenoxy) is 1. The SMILES string of the molecule is Cc1nn(C)c2nc(-c3cccs3)cc(C(=O)Oc3ccccc3)c12. The summed E-state index contributed by atoms with van der Waals surface area (Å²) in [4.78, 5) is 18.5. The van der Waals surface area contributed by atoms with Gasteiger partial charge in [-0.1, -0.05) is 24.3 Å². The summed E-state index contributed by atoms with van der Waals surface area (Å²) in [5.41, 5.74) is 2.64. The number of fused-ring (bicyclic) bond motifs is 1. The summed E-state index contributed by atoms with van der Waals surface area (Å²) in [6, 6.07) is 14.8. The van der Waals surface area contributed by atoms with Crippen molar-refractivity contribution in [2.24, 2.45) is 7.05 Å². The predicted molar refractivity (Wildman–Crippen MR) is 98.0 cm³/mol. The Kier molecular flexibility index (Phi) is 3.82. The number of thiophene rings is 1. The molecule has 0 saturated carbocycles. The van der Waals surface area contributed by atoms with Crippen LogP contribution in [0.15, 0.2) is 53.9 Å². The monoisotopic (exact) mass is 349 g/mol. The molecule has 5 nitrogen and oxygen atoms in total. The van der Waals surface area contributed by atoms with Crippen LogP contribution in [0.2, 0.25) is 0 Å². The molecule has 6 heteroatoms. The van der Waals surface area contributed by atoms with Crippen molar-refractivity contribution in [2.75, 3.05) is 0 Å². The maximum absolute atomic E-state index is 12.8. The van der Waals surface area contributed by atoms with Gasteiger partial charge in [-0.05, 0) is 36.6 Å². The number of esters is 1. The van der Waals surface area contributed by atoms with E-state index in [9.17, 15) is 4.79 Å². The van der Waals surface area contributed by atoms with E-state index in [1.165, 1.54) is 0 Å². The van der Waals surface area contributed by atoms with Gasteiger partial charge in [0.2, 0.25) is 0 Å². The van der Waals surface area contributed by atoms with Crippen molar-refractivity contribution in [3.8, 4) is 16.3 Å². The van der Waals surface area contributed by atoms with Crippen molar-refractivity contribution in [1.82, 2.24) is 14.8 Å². The quantitative estimate of drug-likeness (QED) is 0.410. The summed E-state index contributed by atoms with van der Waals surface area (Å²) in [7, 11) is 1.83. The minimum atomic E-state index is -0.410. The number of para-hydroxylation sites is 1. The molecule has 0 amide bonds. The first-order valence-electron chi connectivity index (χ1n) is 7.79. The number of carbonyl (C=O) groups excluding carboxylic acids is 1. The van der Waals surface area contributed by atoms with E-state index in [1.807, 2.05) is 49.7 Å². The van der Waals surface area contributed by atoms with E-state index >= 15 is 0 Å². The Morgan fingerprint density at radius 2 is 1.96 bits per heavy atom. The van der Waals surface area contributed by atoms with Crippen LogP contribution in [-0.4, -0.2) is 20.7 Å². The Balaban J connectivity index is 1.87. The fourth-order valence-corrected chi connectivity index (χ4v) is 3.49. The lowest BCUT2D eigenvalue weighted by Gasteiger charge is -2.08. The van der Waals surface area contributed by atoms with Gasteiger partial charge < -0.3 is 4.74 Å². The number of pyridine rings is 1. The third-order valence-corrected chi connectivity index (χ3v) is 4.81. The summed E-state index contributed by atoms with van der Waals surface area (Å²) >= 11 is 1.58. The van der Waals surface area contributed by atoms with Crippen LogP contribution in [0, 0.1) is 6.92 Å². The van der Waals surface area contributed by atoms with Crippen molar-refractivity contribution in [1.29, 1.82) is 0 Å². The molecule has 0 bridgehead atoms. The highest BCUT2D eigenvalue weighted by Crippen LogP contribution is 2.29. The summed E-state index contributed by atoms with van der Waals surface area (Å²) in [6.45, 7) is 1.87. The van der Waals surface area contributed by atoms with E-state index in [0.717, 1.165) is 21.7 Å². The van der Waals surface area contributed by atoms with E-state index in [1.54, 1.807) is 34.2 Å². The zero-order valence-corrected chi connectivity index (χ0v) is 14.6. The number of hydrogen-bond donors (Lipinski definition) is 0. The maximum atomic E-state index is 12.8. The van der Waals surface area contributed by atoms with Crippen LogP contribution in [0.25, 0.3) is 21.6 Å². The first-order chi connectivity index (χ1) is 12.1. The average molecular weight is 349 g/mol. The topological polar surface area (TPSA) is 57.0 Å². The standard InChI is InChI=1S/C19H15N3O2S/c1-12-17-14(19(23)24-13-7-4-3-5-8-13)11-15(16-9-6-10-25-16)20-18(17)22(2)21-12/h3-11H,1-2H3. The maximum Gasteiger partial charge on any atom is 0.344 e. The third-order valence-electron chi connectivity index (χ3n) is 3.92. The van der Waals surface area contributed by atoms with Crippen molar-refractivity contribution in [2.45, 2.75) is 6.92 Å². The molecule has 0 aliphatic carbocycles. The molecule has 0 atom stereocenters. The molecule has 0 unspecified atom stereocenters. The van der Waals surface area contributed by atoms with Crippen LogP contribution in [0.3, 0.4) is 0 Å². The molecular weight excluding hydrogens is 334 g/mol. The van der Waals surface area contributed by atoms with Crippen LogP contribution in [-0.2, 0) is 7.05 Å². The lowest BCUT2D eigenvalue weighted by atomic mass is 10.1. The van der Waals surface area contributed by atoms with E-state index in [0.29, 0.717) is 17.0 Å². The molecule has 124 valence electrons. The zero-order chi connectivity index (χ0) is 17.4. The van der Waals surface area contributed by atoms with Gasteiger partial charge in [-0.25, -0.2) is 9.78 Å². The van der Waals surface area contributed by atoms with E-state index < -0.39 is 5.97 Å². The van der Waals surface area contributed by atoms with Crippen molar-refractivity contribution < 1.29 is 9.53 Å². The van der Waals surface area contributed by atoms with Gasteiger partial charge in [0.15, 0.2) is 5.65 Å². The van der Waals surface area contributed by atoms with Crippen molar-refractivity contribution in [3.05, 3.63) is 65.2 Å². The number of aromatic nitrogens is 3. The predicted octanol–water partition coefficient (Wildman–Crippen LogP) is 4.22.